The Hall–Kier alpha value is -2.34. The number of rotatable bonds is 1. The van der Waals surface area contributed by atoms with Crippen LogP contribution in [0.5, 0.6) is 0 Å². The first-order chi connectivity index (χ1) is 12.0. The number of benzene rings is 2. The van der Waals surface area contributed by atoms with E-state index in [4.69, 9.17) is 0 Å². The highest BCUT2D eigenvalue weighted by atomic mass is 16.2. The molecular weight excluding hydrogens is 308 g/mol. The van der Waals surface area contributed by atoms with E-state index in [0.717, 1.165) is 29.2 Å². The minimum absolute atomic E-state index is 0.0219. The van der Waals surface area contributed by atoms with Gasteiger partial charge in [-0.25, -0.2) is 0 Å². The summed E-state index contributed by atoms with van der Waals surface area (Å²) in [5, 5.41) is 12.2. The van der Waals surface area contributed by atoms with E-state index >= 15 is 0 Å². The van der Waals surface area contributed by atoms with Crippen LogP contribution in [0.4, 0.5) is 0 Å². The topological polar surface area (TPSA) is 44.1 Å². The average Bonchev–Trinajstić information content (AvgIpc) is 3.09. The highest BCUT2D eigenvalue weighted by molar-refractivity contribution is 6.07. The molecule has 1 heterocycles. The minimum atomic E-state index is -0.640. The van der Waals surface area contributed by atoms with E-state index in [9.17, 15) is 10.1 Å². The Morgan fingerprint density at radius 2 is 1.96 bits per heavy atom. The monoisotopic (exact) mass is 330 g/mol. The van der Waals surface area contributed by atoms with Gasteiger partial charge in [-0.2, -0.15) is 5.26 Å². The van der Waals surface area contributed by atoms with Gasteiger partial charge in [0, 0.05) is 17.5 Å². The lowest BCUT2D eigenvalue weighted by Crippen LogP contribution is -2.54. The first-order valence-corrected chi connectivity index (χ1v) is 9.18. The van der Waals surface area contributed by atoms with Crippen molar-refractivity contribution in [2.45, 2.75) is 38.6 Å². The van der Waals surface area contributed by atoms with Crippen LogP contribution in [0.25, 0.3) is 10.8 Å². The van der Waals surface area contributed by atoms with Crippen molar-refractivity contribution >= 4 is 16.7 Å². The number of fused-ring (bicyclic) bond motifs is 1. The molecule has 4 atom stereocenters. The van der Waals surface area contributed by atoms with Gasteiger partial charge in [-0.1, -0.05) is 50.2 Å². The first-order valence-electron chi connectivity index (χ1n) is 9.18. The van der Waals surface area contributed by atoms with Crippen molar-refractivity contribution in [1.82, 2.24) is 4.90 Å². The zero-order chi connectivity index (χ0) is 17.4. The lowest BCUT2D eigenvalue weighted by atomic mass is 9.66. The molecule has 25 heavy (non-hydrogen) atoms. The second kappa shape index (κ2) is 4.43. The quantitative estimate of drug-likeness (QED) is 0.778. The molecule has 3 fully saturated rings. The van der Waals surface area contributed by atoms with E-state index in [0.29, 0.717) is 12.5 Å². The molecule has 1 amide bonds. The molecule has 5 rings (SSSR count). The van der Waals surface area contributed by atoms with Crippen molar-refractivity contribution in [2.75, 3.05) is 6.54 Å². The predicted octanol–water partition coefficient (Wildman–Crippen LogP) is 4.38. The van der Waals surface area contributed by atoms with Crippen LogP contribution in [0, 0.1) is 28.1 Å². The summed E-state index contributed by atoms with van der Waals surface area (Å²) in [6, 6.07) is 16.5. The van der Waals surface area contributed by atoms with Gasteiger partial charge in [-0.3, -0.25) is 4.79 Å². The van der Waals surface area contributed by atoms with Gasteiger partial charge in [-0.15, -0.1) is 0 Å². The molecular formula is C22H22N2O. The van der Waals surface area contributed by atoms with Gasteiger partial charge in [0.05, 0.1) is 6.07 Å². The summed E-state index contributed by atoms with van der Waals surface area (Å²) in [6.45, 7) is 5.27. The molecule has 0 radical (unpaired) electrons. The van der Waals surface area contributed by atoms with E-state index in [1.54, 1.807) is 0 Å². The van der Waals surface area contributed by atoms with E-state index in [2.05, 4.69) is 19.9 Å². The van der Waals surface area contributed by atoms with Crippen molar-refractivity contribution in [3.8, 4) is 6.07 Å². The summed E-state index contributed by atoms with van der Waals surface area (Å²) in [5.74, 6) is 0.599. The van der Waals surface area contributed by atoms with Crippen LogP contribution >= 0.6 is 0 Å². The lowest BCUT2D eigenvalue weighted by Gasteiger charge is -2.43. The maximum atomic E-state index is 13.6. The van der Waals surface area contributed by atoms with Gasteiger partial charge >= 0.3 is 0 Å². The first kappa shape index (κ1) is 15.0. The summed E-state index contributed by atoms with van der Waals surface area (Å²) in [7, 11) is 0. The Balaban J connectivity index is 1.65. The molecule has 3 nitrogen and oxygen atoms in total. The van der Waals surface area contributed by atoms with Crippen molar-refractivity contribution in [1.29, 1.82) is 5.26 Å². The third-order valence-electron chi connectivity index (χ3n) is 8.01. The van der Waals surface area contributed by atoms with Crippen molar-refractivity contribution in [3.63, 3.8) is 0 Å². The molecule has 1 aliphatic heterocycles. The summed E-state index contributed by atoms with van der Waals surface area (Å²) in [4.78, 5) is 15.5. The Morgan fingerprint density at radius 1 is 1.20 bits per heavy atom. The average molecular weight is 330 g/mol. The summed E-state index contributed by atoms with van der Waals surface area (Å²) < 4.78 is 0. The maximum absolute atomic E-state index is 13.6. The van der Waals surface area contributed by atoms with Crippen LogP contribution in [0.2, 0.25) is 0 Å². The zero-order valence-corrected chi connectivity index (χ0v) is 14.7. The molecule has 0 spiro atoms. The van der Waals surface area contributed by atoms with Gasteiger partial charge in [-0.05, 0) is 47.4 Å². The second-order valence-electron chi connectivity index (χ2n) is 8.58. The summed E-state index contributed by atoms with van der Waals surface area (Å²) in [6.07, 6.45) is 3.10. The molecule has 1 saturated heterocycles. The Kier molecular flexibility index (Phi) is 2.65. The summed E-state index contributed by atoms with van der Waals surface area (Å²) >= 11 is 0. The van der Waals surface area contributed by atoms with Gasteiger partial charge in [0.15, 0.2) is 0 Å². The van der Waals surface area contributed by atoms with Crippen molar-refractivity contribution < 1.29 is 4.79 Å². The Bertz CT molecular complexity index is 955. The molecule has 2 aliphatic carbocycles. The van der Waals surface area contributed by atoms with E-state index in [1.807, 2.05) is 47.4 Å². The smallest absolute Gasteiger partial charge is 0.255 e. The fourth-order valence-corrected chi connectivity index (χ4v) is 6.31. The van der Waals surface area contributed by atoms with Crippen molar-refractivity contribution in [3.05, 3.63) is 48.0 Å². The van der Waals surface area contributed by atoms with Gasteiger partial charge < -0.3 is 4.90 Å². The lowest BCUT2D eigenvalue weighted by molar-refractivity contribution is 0.0432. The molecule has 126 valence electrons. The summed E-state index contributed by atoms with van der Waals surface area (Å²) in [5.41, 5.74) is 0.0739. The van der Waals surface area contributed by atoms with Crippen LogP contribution in [-0.4, -0.2) is 22.9 Å². The number of carbonyl (C=O) groups excluding carboxylic acids is 1. The Labute approximate surface area is 148 Å². The number of carbonyl (C=O) groups is 1. The van der Waals surface area contributed by atoms with Crippen LogP contribution in [-0.2, 0) is 0 Å². The third kappa shape index (κ3) is 1.46. The number of likely N-dealkylation sites (tertiary alicyclic amines) is 1. The zero-order valence-electron chi connectivity index (χ0n) is 14.7. The molecule has 2 aromatic rings. The number of hydrogen-bond donors (Lipinski definition) is 0. The normalized spacial score (nSPS) is 38.3. The van der Waals surface area contributed by atoms with Gasteiger partial charge in [0.1, 0.15) is 5.54 Å². The fourth-order valence-electron chi connectivity index (χ4n) is 6.31. The van der Waals surface area contributed by atoms with Gasteiger partial charge in [0.25, 0.3) is 5.91 Å². The Morgan fingerprint density at radius 3 is 2.72 bits per heavy atom. The van der Waals surface area contributed by atoms with Crippen LogP contribution in [0.1, 0.15) is 43.5 Å². The predicted molar refractivity (Wildman–Crippen MR) is 96.9 cm³/mol. The van der Waals surface area contributed by atoms with E-state index in [-0.39, 0.29) is 16.7 Å². The third-order valence-corrected chi connectivity index (χ3v) is 8.01. The second-order valence-corrected chi connectivity index (χ2v) is 8.58. The fraction of sp³-hybridized carbons (Fsp3) is 0.455. The van der Waals surface area contributed by atoms with E-state index in [1.165, 1.54) is 6.42 Å². The molecule has 4 bridgehead atoms. The number of hydrogen-bond acceptors (Lipinski definition) is 2. The maximum Gasteiger partial charge on any atom is 0.255 e. The number of piperidine rings is 1. The molecule has 2 aromatic carbocycles. The largest absolute Gasteiger partial charge is 0.319 e. The highest BCUT2D eigenvalue weighted by Gasteiger charge is 2.78. The molecule has 2 saturated carbocycles. The van der Waals surface area contributed by atoms with Crippen molar-refractivity contribution in [2.24, 2.45) is 16.7 Å². The van der Waals surface area contributed by atoms with Crippen LogP contribution < -0.4 is 0 Å². The minimum Gasteiger partial charge on any atom is -0.319 e. The number of amides is 1. The number of nitrogens with zero attached hydrogens (tertiary/aromatic N) is 2. The standard InChI is InChI=1S/C22H22N2O/c1-20-14-24(22(13-23)12-16(20)10-11-21(20,22)2)19(25)18-9-5-7-15-6-3-4-8-17(15)18/h3-9,16H,10-12,14H2,1-2H3/t16-,20-,21+,22-/m1/s1. The molecule has 0 unspecified atom stereocenters. The van der Waals surface area contributed by atoms with E-state index < -0.39 is 5.54 Å². The SMILES string of the molecule is C[C@@]12CC[C@@H]3C[C@]1(C#N)N(C(=O)c1cccc4ccccc14)C[C@]32C. The number of nitriles is 1. The molecule has 3 heteroatoms. The van der Waals surface area contributed by atoms with Crippen LogP contribution in [0.15, 0.2) is 42.5 Å². The van der Waals surface area contributed by atoms with Gasteiger partial charge in [0.2, 0.25) is 0 Å². The molecule has 3 aliphatic rings. The molecule has 0 aromatic heterocycles. The van der Waals surface area contributed by atoms with Crippen LogP contribution in [0.3, 0.4) is 0 Å². The highest BCUT2D eigenvalue weighted by Crippen LogP contribution is 2.75. The molecule has 0 N–H and O–H groups in total.